The van der Waals surface area contributed by atoms with Crippen LogP contribution in [0, 0.1) is 0 Å². The highest BCUT2D eigenvalue weighted by molar-refractivity contribution is 5.71. The van der Waals surface area contributed by atoms with E-state index in [1.54, 1.807) is 0 Å². The first-order valence-corrected chi connectivity index (χ1v) is 32.1. The summed E-state index contributed by atoms with van der Waals surface area (Å²) in [5.41, 5.74) is 0. The molecule has 1 atom stereocenters. The monoisotopic (exact) mass is 1040 g/mol. The molecule has 432 valence electrons. The fraction of sp³-hybridized carbons (Fsp3) is 0.754. The number of hydrogen-bond donors (Lipinski definition) is 0. The van der Waals surface area contributed by atoms with Gasteiger partial charge in [0.05, 0.1) is 0 Å². The molecule has 0 rings (SSSR count). The lowest BCUT2D eigenvalue weighted by atomic mass is 10.1. The zero-order valence-corrected chi connectivity index (χ0v) is 49.6. The molecule has 6 nitrogen and oxygen atoms in total. The van der Waals surface area contributed by atoms with E-state index >= 15 is 0 Å². The molecule has 0 aromatic rings. The van der Waals surface area contributed by atoms with Gasteiger partial charge < -0.3 is 14.2 Å². The first kappa shape index (κ1) is 71.6. The number of ether oxygens (including phenoxy) is 3. The topological polar surface area (TPSA) is 78.9 Å². The molecule has 0 aliphatic heterocycles. The lowest BCUT2D eigenvalue weighted by Gasteiger charge is -2.18. The Kier molecular flexibility index (Phi) is 60.3. The second kappa shape index (κ2) is 63.1. The Hall–Kier alpha value is -3.41. The van der Waals surface area contributed by atoms with Crippen molar-refractivity contribution in [1.82, 2.24) is 0 Å². The minimum Gasteiger partial charge on any atom is -0.462 e. The molecule has 0 bridgehead atoms. The molecule has 0 aromatic carbocycles. The zero-order chi connectivity index (χ0) is 54.3. The molecule has 0 heterocycles. The SMILES string of the molecule is CC/C=C\C/C=C\C/C=C\C/C=C\CCCCCCCCC(=O)OCC(COC(=O)CCCCCCCCCCC/C=C\CCCCCCCC)OC(=O)CCCCCCCCCCC/C=C\C/C=C\CCCCC. The molecule has 1 unspecified atom stereocenters. The molecular formula is C69H120O6. The maximum atomic E-state index is 12.9. The third kappa shape index (κ3) is 61.3. The maximum Gasteiger partial charge on any atom is 0.306 e. The summed E-state index contributed by atoms with van der Waals surface area (Å²) in [6, 6.07) is 0. The summed E-state index contributed by atoms with van der Waals surface area (Å²) in [6.07, 6.45) is 82.9. The van der Waals surface area contributed by atoms with Crippen LogP contribution in [0.25, 0.3) is 0 Å². The minimum atomic E-state index is -0.788. The van der Waals surface area contributed by atoms with E-state index in [1.807, 2.05) is 0 Å². The average Bonchev–Trinajstić information content (AvgIpc) is 3.41. The van der Waals surface area contributed by atoms with Gasteiger partial charge in [0.25, 0.3) is 0 Å². The maximum absolute atomic E-state index is 12.9. The van der Waals surface area contributed by atoms with Crippen molar-refractivity contribution in [1.29, 1.82) is 0 Å². The number of esters is 3. The molecule has 75 heavy (non-hydrogen) atoms. The van der Waals surface area contributed by atoms with E-state index < -0.39 is 6.10 Å². The molecular weight excluding hydrogens is 925 g/mol. The highest BCUT2D eigenvalue weighted by Gasteiger charge is 2.19. The van der Waals surface area contributed by atoms with Crippen molar-refractivity contribution in [3.05, 3.63) is 85.1 Å². The molecule has 0 radical (unpaired) electrons. The van der Waals surface area contributed by atoms with E-state index in [0.717, 1.165) is 96.3 Å². The van der Waals surface area contributed by atoms with Crippen molar-refractivity contribution in [3.63, 3.8) is 0 Å². The van der Waals surface area contributed by atoms with Crippen LogP contribution in [0.3, 0.4) is 0 Å². The smallest absolute Gasteiger partial charge is 0.306 e. The number of hydrogen-bond acceptors (Lipinski definition) is 6. The number of unbranched alkanes of at least 4 members (excludes halogenated alkanes) is 33. The Morgan fingerprint density at radius 1 is 0.280 bits per heavy atom. The van der Waals surface area contributed by atoms with Crippen LogP contribution in [0.1, 0.15) is 316 Å². The Labute approximate surface area is 465 Å². The fourth-order valence-corrected chi connectivity index (χ4v) is 9.05. The van der Waals surface area contributed by atoms with Gasteiger partial charge in [-0.1, -0.05) is 266 Å². The molecule has 6 heteroatoms. The number of rotatable bonds is 58. The van der Waals surface area contributed by atoms with Gasteiger partial charge in [-0.05, 0) is 116 Å². The quantitative estimate of drug-likeness (QED) is 0.0261. The average molecular weight is 1050 g/mol. The molecule has 0 aromatic heterocycles. The Balaban J connectivity index is 4.41. The van der Waals surface area contributed by atoms with Gasteiger partial charge in [-0.2, -0.15) is 0 Å². The summed E-state index contributed by atoms with van der Waals surface area (Å²) in [5.74, 6) is -0.891. The van der Waals surface area contributed by atoms with Crippen LogP contribution in [0.5, 0.6) is 0 Å². The normalized spacial score (nSPS) is 12.6. The van der Waals surface area contributed by atoms with E-state index in [0.29, 0.717) is 19.3 Å². The second-order valence-corrected chi connectivity index (χ2v) is 21.3. The molecule has 0 saturated carbocycles. The summed E-state index contributed by atoms with van der Waals surface area (Å²) in [6.45, 7) is 6.52. The van der Waals surface area contributed by atoms with Gasteiger partial charge >= 0.3 is 17.9 Å². The van der Waals surface area contributed by atoms with E-state index in [-0.39, 0.29) is 31.1 Å². The second-order valence-electron chi connectivity index (χ2n) is 21.3. The number of carbonyl (C=O) groups excluding carboxylic acids is 3. The third-order valence-electron chi connectivity index (χ3n) is 13.9. The molecule has 0 saturated heterocycles. The van der Waals surface area contributed by atoms with Crippen LogP contribution < -0.4 is 0 Å². The van der Waals surface area contributed by atoms with Crippen molar-refractivity contribution in [2.24, 2.45) is 0 Å². The first-order valence-electron chi connectivity index (χ1n) is 32.1. The lowest BCUT2D eigenvalue weighted by Crippen LogP contribution is -2.30. The van der Waals surface area contributed by atoms with Crippen molar-refractivity contribution in [2.75, 3.05) is 13.2 Å². The number of allylic oxidation sites excluding steroid dienone is 14. The van der Waals surface area contributed by atoms with Crippen molar-refractivity contribution in [3.8, 4) is 0 Å². The summed E-state index contributed by atoms with van der Waals surface area (Å²) >= 11 is 0. The predicted molar refractivity (Wildman–Crippen MR) is 325 cm³/mol. The lowest BCUT2D eigenvalue weighted by molar-refractivity contribution is -0.167. The third-order valence-corrected chi connectivity index (χ3v) is 13.9. The van der Waals surface area contributed by atoms with Gasteiger partial charge in [-0.3, -0.25) is 14.4 Å². The zero-order valence-electron chi connectivity index (χ0n) is 49.6. The summed E-state index contributed by atoms with van der Waals surface area (Å²) in [5, 5.41) is 0. The summed E-state index contributed by atoms with van der Waals surface area (Å²) in [4.78, 5) is 38.4. The van der Waals surface area contributed by atoms with Crippen molar-refractivity contribution in [2.45, 2.75) is 322 Å². The molecule has 0 fully saturated rings. The van der Waals surface area contributed by atoms with Gasteiger partial charge in [0.1, 0.15) is 13.2 Å². The Morgan fingerprint density at radius 3 is 0.853 bits per heavy atom. The van der Waals surface area contributed by atoms with E-state index in [4.69, 9.17) is 14.2 Å². The molecule has 0 N–H and O–H groups in total. The van der Waals surface area contributed by atoms with E-state index in [1.165, 1.54) is 180 Å². The van der Waals surface area contributed by atoms with Gasteiger partial charge in [-0.15, -0.1) is 0 Å². The van der Waals surface area contributed by atoms with Crippen molar-refractivity contribution < 1.29 is 28.6 Å². The Bertz CT molecular complexity index is 1430. The van der Waals surface area contributed by atoms with Crippen LogP contribution in [0.4, 0.5) is 0 Å². The van der Waals surface area contributed by atoms with Gasteiger partial charge in [0.15, 0.2) is 6.10 Å². The highest BCUT2D eigenvalue weighted by atomic mass is 16.6. The summed E-state index contributed by atoms with van der Waals surface area (Å²) in [7, 11) is 0. The van der Waals surface area contributed by atoms with Crippen LogP contribution in [0.2, 0.25) is 0 Å². The summed E-state index contributed by atoms with van der Waals surface area (Å²) < 4.78 is 16.9. The van der Waals surface area contributed by atoms with E-state index in [9.17, 15) is 14.4 Å². The molecule has 0 spiro atoms. The van der Waals surface area contributed by atoms with Crippen molar-refractivity contribution >= 4 is 17.9 Å². The van der Waals surface area contributed by atoms with Gasteiger partial charge in [0, 0.05) is 19.3 Å². The van der Waals surface area contributed by atoms with E-state index in [2.05, 4.69) is 106 Å². The molecule has 0 aliphatic rings. The van der Waals surface area contributed by atoms with Crippen LogP contribution in [0.15, 0.2) is 85.1 Å². The Morgan fingerprint density at radius 2 is 0.520 bits per heavy atom. The molecule has 0 aliphatic carbocycles. The van der Waals surface area contributed by atoms with Crippen LogP contribution >= 0.6 is 0 Å². The predicted octanol–water partition coefficient (Wildman–Crippen LogP) is 21.9. The standard InChI is InChI=1S/C69H120O6/c1-4-7-10-13-16-19-22-25-28-31-34-37-40-43-46-49-52-55-58-61-67(70)73-64-66(75-69(72)63-60-57-54-51-48-45-42-39-36-33-30-27-24-21-18-15-12-9-6-3)65-74-68(71)62-59-56-53-50-47-44-41-38-35-32-29-26-23-20-17-14-11-8-5-2/h7,10,16,18-19,21,25-30,34,37,66H,4-6,8-9,11-15,17,20,22-24,31-33,35-36,38-65H2,1-3H3/b10-7-,19-16-,21-18-,28-25-,29-26-,30-27-,37-34-. The van der Waals surface area contributed by atoms with Crippen LogP contribution in [-0.4, -0.2) is 37.2 Å². The minimum absolute atomic E-state index is 0.0828. The van der Waals surface area contributed by atoms with Gasteiger partial charge in [0.2, 0.25) is 0 Å². The first-order chi connectivity index (χ1) is 37.0. The van der Waals surface area contributed by atoms with Crippen LogP contribution in [-0.2, 0) is 28.6 Å². The van der Waals surface area contributed by atoms with Gasteiger partial charge in [-0.25, -0.2) is 0 Å². The molecule has 0 amide bonds. The largest absolute Gasteiger partial charge is 0.462 e. The fourth-order valence-electron chi connectivity index (χ4n) is 9.05. The highest BCUT2D eigenvalue weighted by Crippen LogP contribution is 2.16. The number of carbonyl (C=O) groups is 3.